The number of carbonyl (C=O) groups is 1. The van der Waals surface area contributed by atoms with Crippen LogP contribution in [0.15, 0.2) is 23.0 Å². The third-order valence-electron chi connectivity index (χ3n) is 1.21. The summed E-state index contributed by atoms with van der Waals surface area (Å²) in [6, 6.07) is 1.84. The van der Waals surface area contributed by atoms with Gasteiger partial charge in [-0.3, -0.25) is 4.79 Å². The second-order valence-corrected chi connectivity index (χ2v) is 2.52. The summed E-state index contributed by atoms with van der Waals surface area (Å²) >= 11 is 3.64. The fourth-order valence-corrected chi connectivity index (χ4v) is 0.798. The molecule has 0 aromatic carbocycles. The van der Waals surface area contributed by atoms with E-state index in [9.17, 15) is 4.79 Å². The summed E-state index contributed by atoms with van der Waals surface area (Å²) in [5, 5.41) is -0.0822. The minimum atomic E-state index is -0.0822. The van der Waals surface area contributed by atoms with Gasteiger partial charge in [0.25, 0.3) is 0 Å². The number of carbonyl (C=O) groups excluding carboxylic acids is 1. The smallest absolute Gasteiger partial charge is 0.186 e. The average Bonchev–Trinajstić information content (AvgIpc) is 2.34. The molecular weight excluding hydrogens is 148 g/mol. The van der Waals surface area contributed by atoms with Crippen molar-refractivity contribution in [2.45, 2.75) is 12.8 Å². The molecule has 2 nitrogen and oxygen atoms in total. The minimum absolute atomic E-state index is 0.0822. The molecule has 0 saturated heterocycles. The first kappa shape index (κ1) is 7.41. The van der Waals surface area contributed by atoms with Crippen molar-refractivity contribution in [2.75, 3.05) is 0 Å². The maximum absolute atomic E-state index is 10.4. The molecule has 0 spiro atoms. The third kappa shape index (κ3) is 2.27. The van der Waals surface area contributed by atoms with Crippen LogP contribution in [-0.2, 0) is 11.2 Å². The van der Waals surface area contributed by atoms with Crippen molar-refractivity contribution >= 4 is 17.7 Å². The predicted molar refractivity (Wildman–Crippen MR) is 41.0 cm³/mol. The molecule has 1 aromatic rings. The van der Waals surface area contributed by atoms with Crippen molar-refractivity contribution in [3.05, 3.63) is 24.2 Å². The summed E-state index contributed by atoms with van der Waals surface area (Å²) in [7, 11) is 0. The Bertz CT molecular complexity index is 203. The molecule has 3 heteroatoms. The van der Waals surface area contributed by atoms with Crippen LogP contribution in [0, 0.1) is 0 Å². The third-order valence-corrected chi connectivity index (χ3v) is 1.43. The number of thiol groups is 1. The van der Waals surface area contributed by atoms with Crippen molar-refractivity contribution in [3.63, 3.8) is 0 Å². The topological polar surface area (TPSA) is 30.2 Å². The van der Waals surface area contributed by atoms with E-state index in [1.807, 2.05) is 6.07 Å². The molecule has 0 atom stereocenters. The van der Waals surface area contributed by atoms with Crippen LogP contribution in [0.1, 0.15) is 12.0 Å². The zero-order valence-electron chi connectivity index (χ0n) is 5.41. The van der Waals surface area contributed by atoms with E-state index in [0.29, 0.717) is 6.42 Å². The maximum Gasteiger partial charge on any atom is 0.186 e. The van der Waals surface area contributed by atoms with Gasteiger partial charge < -0.3 is 4.42 Å². The van der Waals surface area contributed by atoms with Gasteiger partial charge in [0.2, 0.25) is 0 Å². The van der Waals surface area contributed by atoms with Crippen LogP contribution in [-0.4, -0.2) is 5.12 Å². The van der Waals surface area contributed by atoms with Crippen LogP contribution >= 0.6 is 12.6 Å². The fraction of sp³-hybridized carbons (Fsp3) is 0.286. The highest BCUT2D eigenvalue weighted by Gasteiger charge is 1.96. The van der Waals surface area contributed by atoms with Gasteiger partial charge in [-0.2, -0.15) is 0 Å². The SMILES string of the molecule is O=C(S)CCc1ccoc1. The van der Waals surface area contributed by atoms with Crippen molar-refractivity contribution in [2.24, 2.45) is 0 Å². The van der Waals surface area contributed by atoms with Gasteiger partial charge in [0.05, 0.1) is 12.5 Å². The monoisotopic (exact) mass is 156 g/mol. The summed E-state index contributed by atoms with van der Waals surface area (Å²) in [6.45, 7) is 0. The van der Waals surface area contributed by atoms with Gasteiger partial charge in [-0.15, -0.1) is 12.6 Å². The molecule has 10 heavy (non-hydrogen) atoms. The summed E-state index contributed by atoms with van der Waals surface area (Å²) in [5.74, 6) is 0. The second kappa shape index (κ2) is 3.46. The van der Waals surface area contributed by atoms with Gasteiger partial charge in [0, 0.05) is 6.42 Å². The van der Waals surface area contributed by atoms with E-state index in [-0.39, 0.29) is 5.12 Å². The Kier molecular flexibility index (Phi) is 2.57. The normalized spacial score (nSPS) is 9.70. The van der Waals surface area contributed by atoms with Gasteiger partial charge in [0.15, 0.2) is 5.12 Å². The molecule has 0 fully saturated rings. The summed E-state index contributed by atoms with van der Waals surface area (Å²) < 4.78 is 4.81. The van der Waals surface area contributed by atoms with Crippen LogP contribution in [0.4, 0.5) is 0 Å². The van der Waals surface area contributed by atoms with E-state index in [4.69, 9.17) is 4.42 Å². The largest absolute Gasteiger partial charge is 0.472 e. The van der Waals surface area contributed by atoms with E-state index >= 15 is 0 Å². The van der Waals surface area contributed by atoms with Crippen molar-refractivity contribution in [1.29, 1.82) is 0 Å². The van der Waals surface area contributed by atoms with Crippen molar-refractivity contribution < 1.29 is 9.21 Å². The Morgan fingerprint density at radius 1 is 1.70 bits per heavy atom. The fourth-order valence-electron chi connectivity index (χ4n) is 0.686. The van der Waals surface area contributed by atoms with Gasteiger partial charge in [-0.05, 0) is 18.1 Å². The number of hydrogen-bond donors (Lipinski definition) is 1. The first-order chi connectivity index (χ1) is 4.79. The highest BCUT2D eigenvalue weighted by molar-refractivity contribution is 7.96. The van der Waals surface area contributed by atoms with Gasteiger partial charge in [0.1, 0.15) is 0 Å². The lowest BCUT2D eigenvalue weighted by Gasteiger charge is -1.89. The van der Waals surface area contributed by atoms with Gasteiger partial charge >= 0.3 is 0 Å². The lowest BCUT2D eigenvalue weighted by Crippen LogP contribution is -1.88. The number of hydrogen-bond acceptors (Lipinski definition) is 2. The van der Waals surface area contributed by atoms with Crippen LogP contribution in [0.25, 0.3) is 0 Å². The molecule has 0 bridgehead atoms. The summed E-state index contributed by atoms with van der Waals surface area (Å²) in [5.41, 5.74) is 1.04. The first-order valence-corrected chi connectivity index (χ1v) is 3.46. The van der Waals surface area contributed by atoms with Crippen molar-refractivity contribution in [1.82, 2.24) is 0 Å². The number of furan rings is 1. The lowest BCUT2D eigenvalue weighted by atomic mass is 10.2. The molecular formula is C7H8O2S. The second-order valence-electron chi connectivity index (χ2n) is 2.03. The van der Waals surface area contributed by atoms with Gasteiger partial charge in [-0.1, -0.05) is 0 Å². The van der Waals surface area contributed by atoms with E-state index < -0.39 is 0 Å². The molecule has 1 heterocycles. The molecule has 0 aliphatic carbocycles. The predicted octanol–water partition coefficient (Wildman–Crippen LogP) is 1.67. The standard InChI is InChI=1S/C7H8O2S/c8-7(10)2-1-6-3-4-9-5-6/h3-5H,1-2H2,(H,8,10). The first-order valence-electron chi connectivity index (χ1n) is 3.02. The molecule has 0 unspecified atom stereocenters. The van der Waals surface area contributed by atoms with Crippen LogP contribution in [0.2, 0.25) is 0 Å². The van der Waals surface area contributed by atoms with E-state index in [1.165, 1.54) is 0 Å². The van der Waals surface area contributed by atoms with E-state index in [1.54, 1.807) is 12.5 Å². The molecule has 0 radical (unpaired) electrons. The molecule has 0 saturated carbocycles. The number of rotatable bonds is 3. The average molecular weight is 156 g/mol. The molecule has 0 aliphatic heterocycles. The summed E-state index contributed by atoms with van der Waals surface area (Å²) in [4.78, 5) is 10.4. The van der Waals surface area contributed by atoms with E-state index in [0.717, 1.165) is 12.0 Å². The Hall–Kier alpha value is -0.700. The zero-order chi connectivity index (χ0) is 7.40. The molecule has 0 aliphatic rings. The molecule has 1 aromatic heterocycles. The number of aryl methyl sites for hydroxylation is 1. The molecule has 54 valence electrons. The van der Waals surface area contributed by atoms with Crippen LogP contribution in [0.3, 0.4) is 0 Å². The quantitative estimate of drug-likeness (QED) is 0.675. The molecule has 0 amide bonds. The van der Waals surface area contributed by atoms with Crippen molar-refractivity contribution in [3.8, 4) is 0 Å². The van der Waals surface area contributed by atoms with Crippen LogP contribution < -0.4 is 0 Å². The molecule has 0 N–H and O–H groups in total. The Morgan fingerprint density at radius 3 is 3.00 bits per heavy atom. The zero-order valence-corrected chi connectivity index (χ0v) is 6.30. The maximum atomic E-state index is 10.4. The molecule has 1 rings (SSSR count). The lowest BCUT2D eigenvalue weighted by molar-refractivity contribution is -0.110. The van der Waals surface area contributed by atoms with E-state index in [2.05, 4.69) is 12.6 Å². The Balaban J connectivity index is 2.35. The highest BCUT2D eigenvalue weighted by Crippen LogP contribution is 2.04. The van der Waals surface area contributed by atoms with Crippen LogP contribution in [0.5, 0.6) is 0 Å². The van der Waals surface area contributed by atoms with Gasteiger partial charge in [-0.25, -0.2) is 0 Å². The minimum Gasteiger partial charge on any atom is -0.472 e. The Morgan fingerprint density at radius 2 is 2.50 bits per heavy atom. The summed E-state index contributed by atoms with van der Waals surface area (Å²) in [6.07, 6.45) is 4.43. The Labute approximate surface area is 64.6 Å². The highest BCUT2D eigenvalue weighted by atomic mass is 32.1.